The van der Waals surface area contributed by atoms with Crippen molar-refractivity contribution < 1.29 is 0 Å². The number of allylic oxidation sites excluding steroid dienone is 8. The number of hydrogen-bond acceptors (Lipinski definition) is 2. The Labute approximate surface area is 121 Å². The predicted octanol–water partition coefficient (Wildman–Crippen LogP) is 4.75. The maximum Gasteiger partial charge on any atom is 0.0964 e. The summed E-state index contributed by atoms with van der Waals surface area (Å²) in [5.74, 6) is 0. The fraction of sp³-hybridized carbons (Fsp3) is 0. The first-order valence-electron chi connectivity index (χ1n) is 5.98. The molecule has 0 heterocycles. The molecule has 0 unspecified atom stereocenters. The van der Waals surface area contributed by atoms with E-state index in [2.05, 4.69) is 49.5 Å². The fourth-order valence-electron chi connectivity index (χ4n) is 1.35. The van der Waals surface area contributed by atoms with Crippen LogP contribution in [0.2, 0.25) is 0 Å². The topological polar surface area (TPSA) is 24.7 Å². The highest BCUT2D eigenvalue weighted by Crippen LogP contribution is 2.23. The lowest BCUT2D eigenvalue weighted by Gasteiger charge is -2.08. The minimum atomic E-state index is 0.614. The summed E-state index contributed by atoms with van der Waals surface area (Å²) < 4.78 is 0. The Kier molecular flexibility index (Phi) is 8.81. The van der Waals surface area contributed by atoms with E-state index in [0.717, 1.165) is 11.1 Å². The molecule has 0 saturated heterocycles. The summed E-state index contributed by atoms with van der Waals surface area (Å²) in [6, 6.07) is 0. The van der Waals surface area contributed by atoms with Crippen LogP contribution in [-0.4, -0.2) is 12.4 Å². The highest BCUT2D eigenvalue weighted by atomic mass is 14.8. The van der Waals surface area contributed by atoms with E-state index in [0.29, 0.717) is 11.4 Å². The molecule has 0 N–H and O–H groups in total. The van der Waals surface area contributed by atoms with E-state index < -0.39 is 0 Å². The van der Waals surface area contributed by atoms with Gasteiger partial charge in [0.25, 0.3) is 0 Å². The minimum absolute atomic E-state index is 0.614. The third kappa shape index (κ3) is 4.86. The largest absolute Gasteiger partial charge is 0.254 e. The Morgan fingerprint density at radius 2 is 0.850 bits per heavy atom. The molecular weight excluding hydrogens is 244 g/mol. The van der Waals surface area contributed by atoms with Gasteiger partial charge in [-0.3, -0.25) is 9.98 Å². The molecule has 0 amide bonds. The molecule has 2 heteroatoms. The first kappa shape index (κ1) is 17.3. The molecule has 102 valence electrons. The van der Waals surface area contributed by atoms with E-state index in [4.69, 9.17) is 0 Å². The fourth-order valence-corrected chi connectivity index (χ4v) is 1.35. The van der Waals surface area contributed by atoms with E-state index >= 15 is 0 Å². The van der Waals surface area contributed by atoms with Crippen LogP contribution in [0.4, 0.5) is 0 Å². The van der Waals surface area contributed by atoms with Gasteiger partial charge in [-0.1, -0.05) is 75.9 Å². The molecule has 0 rings (SSSR count). The molecule has 0 radical (unpaired) electrons. The third-order valence-corrected chi connectivity index (χ3v) is 2.27. The Morgan fingerprint density at radius 3 is 1.05 bits per heavy atom. The van der Waals surface area contributed by atoms with Gasteiger partial charge in [0.05, 0.1) is 11.4 Å². The van der Waals surface area contributed by atoms with Gasteiger partial charge in [0.1, 0.15) is 0 Å². The van der Waals surface area contributed by atoms with E-state index in [9.17, 15) is 0 Å². The minimum Gasteiger partial charge on any atom is -0.254 e. The van der Waals surface area contributed by atoms with Crippen LogP contribution < -0.4 is 0 Å². The van der Waals surface area contributed by atoms with E-state index in [1.807, 2.05) is 0 Å². The van der Waals surface area contributed by atoms with Gasteiger partial charge in [0, 0.05) is 23.6 Å². The third-order valence-electron chi connectivity index (χ3n) is 2.27. The first-order chi connectivity index (χ1) is 9.69. The highest BCUT2D eigenvalue weighted by molar-refractivity contribution is 5.75. The summed E-state index contributed by atoms with van der Waals surface area (Å²) in [7, 11) is 0. The van der Waals surface area contributed by atoms with Crippen LogP contribution in [-0.2, 0) is 0 Å². The number of aliphatic imine (C=N–C) groups is 2. The maximum absolute atomic E-state index is 4.35. The first-order valence-corrected chi connectivity index (χ1v) is 5.98. The van der Waals surface area contributed by atoms with Crippen molar-refractivity contribution >= 4 is 12.4 Å². The smallest absolute Gasteiger partial charge is 0.0964 e. The Balaban J connectivity index is 6.43. The molecule has 0 saturated carbocycles. The van der Waals surface area contributed by atoms with Crippen molar-refractivity contribution in [2.45, 2.75) is 0 Å². The lowest BCUT2D eigenvalue weighted by Crippen LogP contribution is -1.94. The average molecular weight is 264 g/mol. The molecule has 0 bridgehead atoms. The maximum atomic E-state index is 4.35. The molecule has 0 fully saturated rings. The van der Waals surface area contributed by atoms with E-state index in [1.165, 1.54) is 0 Å². The van der Waals surface area contributed by atoms with Gasteiger partial charge in [0.15, 0.2) is 0 Å². The predicted molar refractivity (Wildman–Crippen MR) is 92.2 cm³/mol. The zero-order valence-electron chi connectivity index (χ0n) is 11.8. The van der Waals surface area contributed by atoms with Crippen LogP contribution in [0, 0.1) is 0 Å². The normalized spacial score (nSPS) is 9.80. The number of hydrogen-bond donors (Lipinski definition) is 0. The van der Waals surface area contributed by atoms with Crippen molar-refractivity contribution in [2.75, 3.05) is 0 Å². The van der Waals surface area contributed by atoms with Gasteiger partial charge in [-0.2, -0.15) is 0 Å². The Hall–Kier alpha value is -2.74. The molecule has 0 atom stereocenters. The van der Waals surface area contributed by atoms with Crippen molar-refractivity contribution in [2.24, 2.45) is 9.98 Å². The van der Waals surface area contributed by atoms with Crippen molar-refractivity contribution in [1.82, 2.24) is 0 Å². The summed E-state index contributed by atoms with van der Waals surface area (Å²) >= 11 is 0. The Morgan fingerprint density at radius 1 is 0.550 bits per heavy atom. The molecule has 0 aromatic carbocycles. The zero-order chi connectivity index (χ0) is 15.4. The van der Waals surface area contributed by atoms with E-state index in [1.54, 1.807) is 48.9 Å². The van der Waals surface area contributed by atoms with Gasteiger partial charge in [-0.15, -0.1) is 0 Å². The molecule has 0 aliphatic carbocycles. The van der Waals surface area contributed by atoms with Gasteiger partial charge in [0.2, 0.25) is 0 Å². The standard InChI is InChI=1S/C18H20N2/c1-7-13-19-17(15(9-3)10-4)18(20-14-8-2)16(11-5)12-6/h7-14H,1-6H2. The highest BCUT2D eigenvalue weighted by Gasteiger charge is 2.09. The number of rotatable bonds is 9. The van der Waals surface area contributed by atoms with Gasteiger partial charge >= 0.3 is 0 Å². The van der Waals surface area contributed by atoms with Gasteiger partial charge in [-0.05, 0) is 0 Å². The second-order valence-corrected chi connectivity index (χ2v) is 3.45. The summed E-state index contributed by atoms with van der Waals surface area (Å²) in [6.07, 6.45) is 13.0. The second-order valence-electron chi connectivity index (χ2n) is 3.45. The SMILES string of the molecule is C=CC=NC(=C(C=C)C=C)C(N=CC=C)=C(C=C)C=C. The van der Waals surface area contributed by atoms with Gasteiger partial charge < -0.3 is 0 Å². The monoisotopic (exact) mass is 264 g/mol. The van der Waals surface area contributed by atoms with E-state index in [-0.39, 0.29) is 0 Å². The van der Waals surface area contributed by atoms with Crippen LogP contribution in [0.5, 0.6) is 0 Å². The van der Waals surface area contributed by atoms with Crippen LogP contribution in [0.25, 0.3) is 0 Å². The molecule has 0 aromatic rings. The molecular formula is C18H20N2. The summed E-state index contributed by atoms with van der Waals surface area (Å²) in [5, 5.41) is 0. The summed E-state index contributed by atoms with van der Waals surface area (Å²) in [4.78, 5) is 8.69. The second kappa shape index (κ2) is 10.2. The molecule has 0 aliphatic heterocycles. The van der Waals surface area contributed by atoms with Crippen molar-refractivity contribution in [3.05, 3.63) is 98.5 Å². The lowest BCUT2D eigenvalue weighted by molar-refractivity contribution is 1.21. The molecule has 0 spiro atoms. The molecule has 20 heavy (non-hydrogen) atoms. The quantitative estimate of drug-likeness (QED) is 0.424. The van der Waals surface area contributed by atoms with Crippen LogP contribution in [0.1, 0.15) is 0 Å². The lowest BCUT2D eigenvalue weighted by atomic mass is 10.1. The van der Waals surface area contributed by atoms with Crippen LogP contribution in [0.3, 0.4) is 0 Å². The summed E-state index contributed by atoms with van der Waals surface area (Å²) in [5.41, 5.74) is 2.73. The Bertz CT molecular complexity index is 468. The van der Waals surface area contributed by atoms with Crippen molar-refractivity contribution in [3.8, 4) is 0 Å². The molecule has 0 aromatic heterocycles. The molecule has 2 nitrogen and oxygen atoms in total. The van der Waals surface area contributed by atoms with Gasteiger partial charge in [-0.25, -0.2) is 0 Å². The van der Waals surface area contributed by atoms with Crippen molar-refractivity contribution in [1.29, 1.82) is 0 Å². The van der Waals surface area contributed by atoms with Crippen molar-refractivity contribution in [3.63, 3.8) is 0 Å². The van der Waals surface area contributed by atoms with Crippen LogP contribution in [0.15, 0.2) is 108 Å². The zero-order valence-corrected chi connectivity index (χ0v) is 11.8. The van der Waals surface area contributed by atoms with Crippen LogP contribution >= 0.6 is 0 Å². The average Bonchev–Trinajstić information content (AvgIpc) is 2.48. The summed E-state index contributed by atoms with van der Waals surface area (Å²) in [6.45, 7) is 22.3. The molecule has 0 aliphatic rings. The number of nitrogens with zero attached hydrogens (tertiary/aromatic N) is 2.